The van der Waals surface area contributed by atoms with Crippen molar-refractivity contribution >= 4 is 23.7 Å². The SMILES string of the molecule is Cc1ccc(NC(=O)/C=N\OCC(=O)N2CC[NH+](Cc3ccccc3)CC2)cc1. The maximum atomic E-state index is 12.2. The normalized spacial score (nSPS) is 14.7. The van der Waals surface area contributed by atoms with Crippen LogP contribution in [0.25, 0.3) is 0 Å². The Bertz CT molecular complexity index is 829. The van der Waals surface area contributed by atoms with E-state index in [2.05, 4.69) is 22.6 Å². The van der Waals surface area contributed by atoms with Crippen LogP contribution in [0.5, 0.6) is 0 Å². The molecule has 0 atom stereocenters. The van der Waals surface area contributed by atoms with Crippen molar-refractivity contribution < 1.29 is 19.3 Å². The van der Waals surface area contributed by atoms with Gasteiger partial charge in [-0.2, -0.15) is 0 Å². The van der Waals surface area contributed by atoms with Gasteiger partial charge in [-0.3, -0.25) is 9.59 Å². The Hall–Kier alpha value is -3.19. The Morgan fingerprint density at radius 1 is 1.10 bits per heavy atom. The number of nitrogens with zero attached hydrogens (tertiary/aromatic N) is 2. The highest BCUT2D eigenvalue weighted by Crippen LogP contribution is 2.07. The van der Waals surface area contributed by atoms with Gasteiger partial charge in [-0.05, 0) is 19.1 Å². The van der Waals surface area contributed by atoms with Gasteiger partial charge in [0, 0.05) is 11.3 Å². The van der Waals surface area contributed by atoms with Gasteiger partial charge in [-0.15, -0.1) is 0 Å². The lowest BCUT2D eigenvalue weighted by Gasteiger charge is -2.32. The van der Waals surface area contributed by atoms with E-state index >= 15 is 0 Å². The number of carbonyl (C=O) groups is 2. The number of anilines is 1. The van der Waals surface area contributed by atoms with E-state index in [1.807, 2.05) is 49.4 Å². The predicted molar refractivity (Wildman–Crippen MR) is 112 cm³/mol. The minimum absolute atomic E-state index is 0.111. The maximum Gasteiger partial charge on any atom is 0.270 e. The van der Waals surface area contributed by atoms with Crippen LogP contribution in [0, 0.1) is 6.92 Å². The summed E-state index contributed by atoms with van der Waals surface area (Å²) in [6.07, 6.45) is 1.04. The first-order valence-electron chi connectivity index (χ1n) is 9.78. The number of nitrogens with one attached hydrogen (secondary N) is 2. The molecule has 7 heteroatoms. The maximum absolute atomic E-state index is 12.2. The van der Waals surface area contributed by atoms with E-state index in [1.54, 1.807) is 4.90 Å². The molecule has 2 aromatic carbocycles. The van der Waals surface area contributed by atoms with E-state index in [4.69, 9.17) is 4.84 Å². The molecule has 1 heterocycles. The smallest absolute Gasteiger partial charge is 0.270 e. The number of hydrogen-bond acceptors (Lipinski definition) is 4. The molecule has 2 amide bonds. The molecule has 0 saturated carbocycles. The van der Waals surface area contributed by atoms with E-state index in [-0.39, 0.29) is 12.5 Å². The number of piperazine rings is 1. The van der Waals surface area contributed by atoms with Crippen molar-refractivity contribution in [1.82, 2.24) is 4.90 Å². The third-order valence-electron chi connectivity index (χ3n) is 4.87. The molecule has 0 spiro atoms. The van der Waals surface area contributed by atoms with Gasteiger partial charge in [0.15, 0.2) is 6.61 Å². The molecule has 2 N–H and O–H groups in total. The molecule has 152 valence electrons. The quantitative estimate of drug-likeness (QED) is 0.540. The van der Waals surface area contributed by atoms with E-state index in [9.17, 15) is 9.59 Å². The second-order valence-electron chi connectivity index (χ2n) is 7.16. The van der Waals surface area contributed by atoms with Gasteiger partial charge in [0.05, 0.1) is 26.2 Å². The lowest BCUT2D eigenvalue weighted by Crippen LogP contribution is -3.13. The van der Waals surface area contributed by atoms with Gasteiger partial charge in [-0.1, -0.05) is 53.2 Å². The molecule has 0 aromatic heterocycles. The zero-order valence-electron chi connectivity index (χ0n) is 16.6. The van der Waals surface area contributed by atoms with Crippen LogP contribution in [0.1, 0.15) is 11.1 Å². The zero-order valence-corrected chi connectivity index (χ0v) is 16.6. The lowest BCUT2D eigenvalue weighted by atomic mass is 10.2. The Balaban J connectivity index is 1.34. The number of rotatable bonds is 7. The fourth-order valence-corrected chi connectivity index (χ4v) is 3.21. The molecule has 2 aromatic rings. The first-order valence-corrected chi connectivity index (χ1v) is 9.78. The molecule has 0 radical (unpaired) electrons. The minimum Gasteiger partial charge on any atom is -0.386 e. The summed E-state index contributed by atoms with van der Waals surface area (Å²) in [4.78, 5) is 32.3. The fraction of sp³-hybridized carbons (Fsp3) is 0.318. The van der Waals surface area contributed by atoms with E-state index < -0.39 is 5.91 Å². The summed E-state index contributed by atoms with van der Waals surface area (Å²) in [6.45, 7) is 5.99. The van der Waals surface area contributed by atoms with Crippen LogP contribution in [0.3, 0.4) is 0 Å². The molecule has 1 aliphatic heterocycles. The Morgan fingerprint density at radius 3 is 2.48 bits per heavy atom. The summed E-state index contributed by atoms with van der Waals surface area (Å²) in [7, 11) is 0. The number of carbonyl (C=O) groups excluding carboxylic acids is 2. The van der Waals surface area contributed by atoms with Crippen molar-refractivity contribution in [2.45, 2.75) is 13.5 Å². The molecule has 1 fully saturated rings. The van der Waals surface area contributed by atoms with E-state index in [0.717, 1.165) is 31.4 Å². The van der Waals surface area contributed by atoms with Crippen LogP contribution < -0.4 is 10.2 Å². The fourth-order valence-electron chi connectivity index (χ4n) is 3.21. The standard InChI is InChI=1S/C22H26N4O3/c1-18-7-9-20(10-8-18)24-21(27)15-23-29-17-22(28)26-13-11-25(12-14-26)16-19-5-3-2-4-6-19/h2-10,15H,11-14,16-17H2,1H3,(H,24,27)/p+1/b23-15-. The molecule has 0 bridgehead atoms. The Labute approximate surface area is 170 Å². The summed E-state index contributed by atoms with van der Waals surface area (Å²) < 4.78 is 0. The van der Waals surface area contributed by atoms with Crippen molar-refractivity contribution in [3.63, 3.8) is 0 Å². The van der Waals surface area contributed by atoms with Crippen LogP contribution in [0.15, 0.2) is 59.8 Å². The van der Waals surface area contributed by atoms with Gasteiger partial charge < -0.3 is 20.0 Å². The molecular formula is C22H27N4O3+. The lowest BCUT2D eigenvalue weighted by molar-refractivity contribution is -0.917. The predicted octanol–water partition coefficient (Wildman–Crippen LogP) is 0.863. The molecule has 0 unspecified atom stereocenters. The molecule has 0 aliphatic carbocycles. The third kappa shape index (κ3) is 6.73. The summed E-state index contributed by atoms with van der Waals surface area (Å²) in [6, 6.07) is 17.8. The average Bonchev–Trinajstić information content (AvgIpc) is 2.74. The number of aryl methyl sites for hydroxylation is 1. The number of amides is 2. The van der Waals surface area contributed by atoms with Gasteiger partial charge in [-0.25, -0.2) is 0 Å². The summed E-state index contributed by atoms with van der Waals surface area (Å²) in [5, 5.41) is 6.28. The molecule has 7 nitrogen and oxygen atoms in total. The highest BCUT2D eigenvalue weighted by Gasteiger charge is 2.23. The monoisotopic (exact) mass is 395 g/mol. The molecule has 1 saturated heterocycles. The summed E-state index contributed by atoms with van der Waals surface area (Å²) in [5.41, 5.74) is 3.10. The zero-order chi connectivity index (χ0) is 20.5. The second-order valence-corrected chi connectivity index (χ2v) is 7.16. The van der Waals surface area contributed by atoms with Gasteiger partial charge in [0.25, 0.3) is 11.8 Å². The Kier molecular flexibility index (Phi) is 7.35. The first kappa shape index (κ1) is 20.5. The minimum atomic E-state index is -0.403. The number of quaternary nitrogens is 1. The largest absolute Gasteiger partial charge is 0.386 e. The second kappa shape index (κ2) is 10.4. The Morgan fingerprint density at radius 2 is 1.79 bits per heavy atom. The van der Waals surface area contributed by atoms with E-state index in [0.29, 0.717) is 18.8 Å². The molecule has 3 rings (SSSR count). The van der Waals surface area contributed by atoms with Crippen molar-refractivity contribution in [1.29, 1.82) is 0 Å². The van der Waals surface area contributed by atoms with Crippen molar-refractivity contribution in [3.8, 4) is 0 Å². The molecule has 29 heavy (non-hydrogen) atoms. The number of benzene rings is 2. The third-order valence-corrected chi connectivity index (χ3v) is 4.87. The van der Waals surface area contributed by atoms with Crippen molar-refractivity contribution in [3.05, 3.63) is 65.7 Å². The average molecular weight is 395 g/mol. The first-order chi connectivity index (χ1) is 14.1. The van der Waals surface area contributed by atoms with Crippen molar-refractivity contribution in [2.75, 3.05) is 38.1 Å². The van der Waals surface area contributed by atoms with Crippen molar-refractivity contribution in [2.24, 2.45) is 5.16 Å². The highest BCUT2D eigenvalue weighted by atomic mass is 16.6. The molecule has 1 aliphatic rings. The van der Waals surface area contributed by atoms with E-state index in [1.165, 1.54) is 10.5 Å². The highest BCUT2D eigenvalue weighted by molar-refractivity contribution is 6.31. The summed E-state index contributed by atoms with van der Waals surface area (Å²) in [5.74, 6) is -0.515. The topological polar surface area (TPSA) is 75.4 Å². The summed E-state index contributed by atoms with van der Waals surface area (Å²) >= 11 is 0. The number of oxime groups is 1. The van der Waals surface area contributed by atoms with Crippen LogP contribution in [0.4, 0.5) is 5.69 Å². The van der Waals surface area contributed by atoms with Gasteiger partial charge in [0.2, 0.25) is 0 Å². The van der Waals surface area contributed by atoms with Crippen LogP contribution in [-0.4, -0.2) is 55.7 Å². The van der Waals surface area contributed by atoms with Gasteiger partial charge in [0.1, 0.15) is 12.8 Å². The van der Waals surface area contributed by atoms with Crippen LogP contribution >= 0.6 is 0 Å². The van der Waals surface area contributed by atoms with Crippen LogP contribution in [-0.2, 0) is 21.0 Å². The number of hydrogen-bond donors (Lipinski definition) is 2. The molecular weight excluding hydrogens is 368 g/mol. The van der Waals surface area contributed by atoms with Gasteiger partial charge >= 0.3 is 0 Å². The van der Waals surface area contributed by atoms with Crippen LogP contribution in [0.2, 0.25) is 0 Å².